The fraction of sp³-hybridized carbons (Fsp3) is 0.280. The lowest BCUT2D eigenvalue weighted by Crippen LogP contribution is -2.55. The summed E-state index contributed by atoms with van der Waals surface area (Å²) in [6, 6.07) is 8.23. The van der Waals surface area contributed by atoms with Gasteiger partial charge >= 0.3 is 12.3 Å². The summed E-state index contributed by atoms with van der Waals surface area (Å²) in [6.45, 7) is 4.12. The number of pyridine rings is 1. The summed E-state index contributed by atoms with van der Waals surface area (Å²) in [5, 5.41) is 15.0. The third kappa shape index (κ3) is 7.15. The Morgan fingerprint density at radius 2 is 1.56 bits per heavy atom. The second-order valence-corrected chi connectivity index (χ2v) is 7.87. The smallest absolute Gasteiger partial charge is 0.406 e. The maximum atomic E-state index is 15.8. The van der Waals surface area contributed by atoms with Gasteiger partial charge in [0.05, 0.1) is 6.54 Å². The van der Waals surface area contributed by atoms with Gasteiger partial charge in [-0.1, -0.05) is 32.0 Å². The van der Waals surface area contributed by atoms with Crippen LogP contribution in [0.1, 0.15) is 32.0 Å². The Hall–Kier alpha value is -3.91. The molecule has 1 unspecified atom stereocenters. The molecule has 0 aliphatic rings. The topological polar surface area (TPSA) is 110 Å². The molecule has 3 aromatic rings. The summed E-state index contributed by atoms with van der Waals surface area (Å²) >= 11 is 0. The van der Waals surface area contributed by atoms with Crippen molar-refractivity contribution in [1.29, 1.82) is 0 Å². The van der Waals surface area contributed by atoms with Crippen LogP contribution in [0.15, 0.2) is 65.9 Å². The van der Waals surface area contributed by atoms with Gasteiger partial charge in [0.25, 0.3) is 0 Å². The molecular weight excluding hydrogens is 535 g/mol. The number of hydrazine groups is 1. The van der Waals surface area contributed by atoms with E-state index in [2.05, 4.69) is 14.8 Å². The first-order valence-corrected chi connectivity index (χ1v) is 11.3. The first-order chi connectivity index (χ1) is 18.2. The summed E-state index contributed by atoms with van der Waals surface area (Å²) in [6.07, 6.45) is -3.90. The second kappa shape index (κ2) is 12.3. The molecule has 1 heterocycles. The lowest BCUT2D eigenvalue weighted by Gasteiger charge is -2.38. The maximum Gasteiger partial charge on any atom is 0.573 e. The van der Waals surface area contributed by atoms with E-state index >= 15 is 8.78 Å². The molecule has 0 aliphatic heterocycles. The SMILES string of the molecule is C/C(=N/N)N(N)CC(O)(c1ccc(F)cc1F)C(F)(F)c1ccc(-c2ccc(OC(F)(F)F)cc2)cn1.CC. The highest BCUT2D eigenvalue weighted by Crippen LogP contribution is 2.46. The highest BCUT2D eigenvalue weighted by molar-refractivity contribution is 5.78. The highest BCUT2D eigenvalue weighted by Gasteiger charge is 2.58. The number of aliphatic hydroxyl groups is 1. The quantitative estimate of drug-likeness (QED) is 0.117. The molecule has 1 atom stereocenters. The molecule has 3 rings (SSSR count). The minimum absolute atomic E-state index is 0.182. The number of nitrogens with zero attached hydrogens (tertiary/aromatic N) is 3. The molecule has 7 nitrogen and oxygen atoms in total. The third-order valence-electron chi connectivity index (χ3n) is 5.40. The van der Waals surface area contributed by atoms with E-state index in [4.69, 9.17) is 11.7 Å². The van der Waals surface area contributed by atoms with E-state index in [9.17, 15) is 27.1 Å². The van der Waals surface area contributed by atoms with Crippen LogP contribution >= 0.6 is 0 Å². The molecule has 0 fully saturated rings. The Labute approximate surface area is 219 Å². The number of amidine groups is 1. The fourth-order valence-electron chi connectivity index (χ4n) is 3.42. The van der Waals surface area contributed by atoms with Gasteiger partial charge in [-0.05, 0) is 42.8 Å². The van der Waals surface area contributed by atoms with Crippen molar-refractivity contribution in [2.24, 2.45) is 16.8 Å². The molecule has 212 valence electrons. The zero-order chi connectivity index (χ0) is 29.6. The number of rotatable bonds is 7. The molecule has 0 saturated heterocycles. The first kappa shape index (κ1) is 31.3. The van der Waals surface area contributed by atoms with Crippen LogP contribution in [0.4, 0.5) is 30.7 Å². The minimum Gasteiger partial charge on any atom is -0.406 e. The van der Waals surface area contributed by atoms with Gasteiger partial charge < -0.3 is 15.7 Å². The number of nitrogens with two attached hydrogens (primary N) is 2. The van der Waals surface area contributed by atoms with Crippen LogP contribution in [-0.2, 0) is 11.5 Å². The van der Waals surface area contributed by atoms with Crippen molar-refractivity contribution < 1.29 is 40.6 Å². The number of hydrazone groups is 1. The van der Waals surface area contributed by atoms with Crippen molar-refractivity contribution in [2.75, 3.05) is 6.54 Å². The molecule has 1 aromatic heterocycles. The Morgan fingerprint density at radius 3 is 2.05 bits per heavy atom. The normalized spacial score (nSPS) is 13.7. The molecular formula is C25H26F7N5O2. The first-order valence-electron chi connectivity index (χ1n) is 11.3. The van der Waals surface area contributed by atoms with Crippen LogP contribution in [0.2, 0.25) is 0 Å². The zero-order valence-electron chi connectivity index (χ0n) is 21.0. The van der Waals surface area contributed by atoms with Gasteiger partial charge in [0.1, 0.15) is 28.9 Å². The van der Waals surface area contributed by atoms with Crippen LogP contribution in [0.25, 0.3) is 11.1 Å². The van der Waals surface area contributed by atoms with E-state index in [1.165, 1.54) is 25.1 Å². The molecule has 14 heteroatoms. The lowest BCUT2D eigenvalue weighted by atomic mass is 9.84. The number of halogens is 7. The molecule has 2 aromatic carbocycles. The number of hydrogen-bond donors (Lipinski definition) is 3. The summed E-state index contributed by atoms with van der Waals surface area (Å²) in [4.78, 5) is 3.69. The average Bonchev–Trinajstić information content (AvgIpc) is 2.88. The van der Waals surface area contributed by atoms with Gasteiger partial charge in [0, 0.05) is 23.4 Å². The van der Waals surface area contributed by atoms with E-state index in [0.717, 1.165) is 24.4 Å². The van der Waals surface area contributed by atoms with Crippen LogP contribution < -0.4 is 16.4 Å². The number of benzene rings is 2. The van der Waals surface area contributed by atoms with Gasteiger partial charge in [-0.25, -0.2) is 14.6 Å². The molecule has 5 N–H and O–H groups in total. The van der Waals surface area contributed by atoms with Crippen molar-refractivity contribution in [3.8, 4) is 16.9 Å². The van der Waals surface area contributed by atoms with Gasteiger partial charge in [0.2, 0.25) is 0 Å². The zero-order valence-corrected chi connectivity index (χ0v) is 21.0. The summed E-state index contributed by atoms with van der Waals surface area (Å²) in [5.74, 6) is 3.30. The lowest BCUT2D eigenvalue weighted by molar-refractivity contribution is -0.274. The number of ether oxygens (including phenoxy) is 1. The standard InChI is InChI=1S/C23H20F7N5O2.C2H6/c1-13(34-31)35(32)12-21(36,18-8-5-16(24)10-19(18)25)22(26,27)20-9-4-15(11-33-20)14-2-6-17(7-3-14)37-23(28,29)30;1-2/h2-11,36H,12,31-32H2,1H3;1-2H3/b34-13-;. The minimum atomic E-state index is -4.88. The molecule has 0 amide bonds. The van der Waals surface area contributed by atoms with Crippen LogP contribution in [0.5, 0.6) is 5.75 Å². The van der Waals surface area contributed by atoms with Gasteiger partial charge in [-0.15, -0.1) is 13.2 Å². The van der Waals surface area contributed by atoms with Crippen LogP contribution in [-0.4, -0.2) is 33.8 Å². The average molecular weight is 562 g/mol. The van der Waals surface area contributed by atoms with Crippen molar-refractivity contribution in [3.05, 3.63) is 83.7 Å². The van der Waals surface area contributed by atoms with Crippen molar-refractivity contribution in [1.82, 2.24) is 9.99 Å². The summed E-state index contributed by atoms with van der Waals surface area (Å²) in [5.41, 5.74) is -4.79. The molecule has 0 saturated carbocycles. The Balaban J connectivity index is 0.00000260. The monoisotopic (exact) mass is 561 g/mol. The summed E-state index contributed by atoms with van der Waals surface area (Å²) < 4.78 is 100. The largest absolute Gasteiger partial charge is 0.573 e. The molecule has 0 aliphatic carbocycles. The molecule has 0 bridgehead atoms. The maximum absolute atomic E-state index is 15.8. The van der Waals surface area contributed by atoms with Crippen molar-refractivity contribution in [3.63, 3.8) is 0 Å². The van der Waals surface area contributed by atoms with E-state index < -0.39 is 53.1 Å². The fourth-order valence-corrected chi connectivity index (χ4v) is 3.42. The number of hydrogen-bond acceptors (Lipinski definition) is 6. The predicted molar refractivity (Wildman–Crippen MR) is 130 cm³/mol. The Kier molecular flexibility index (Phi) is 9.87. The molecule has 0 spiro atoms. The van der Waals surface area contributed by atoms with E-state index in [1.807, 2.05) is 13.8 Å². The van der Waals surface area contributed by atoms with Gasteiger partial charge in [-0.2, -0.15) is 13.9 Å². The second-order valence-electron chi connectivity index (χ2n) is 7.87. The van der Waals surface area contributed by atoms with Gasteiger partial charge in [-0.3, -0.25) is 9.99 Å². The van der Waals surface area contributed by atoms with Gasteiger partial charge in [0.15, 0.2) is 5.60 Å². The third-order valence-corrected chi connectivity index (χ3v) is 5.40. The summed E-state index contributed by atoms with van der Waals surface area (Å²) in [7, 11) is 0. The Morgan fingerprint density at radius 1 is 0.974 bits per heavy atom. The van der Waals surface area contributed by atoms with Crippen LogP contribution in [0.3, 0.4) is 0 Å². The van der Waals surface area contributed by atoms with E-state index in [0.29, 0.717) is 28.8 Å². The van der Waals surface area contributed by atoms with Crippen LogP contribution in [0, 0.1) is 11.6 Å². The molecule has 39 heavy (non-hydrogen) atoms. The van der Waals surface area contributed by atoms with E-state index in [1.54, 1.807) is 0 Å². The van der Waals surface area contributed by atoms with Crippen molar-refractivity contribution in [2.45, 2.75) is 38.7 Å². The predicted octanol–water partition coefficient (Wildman–Crippen LogP) is 5.40. The number of aromatic nitrogens is 1. The van der Waals surface area contributed by atoms with E-state index in [-0.39, 0.29) is 11.4 Å². The highest BCUT2D eigenvalue weighted by atomic mass is 19.4. The van der Waals surface area contributed by atoms with Crippen molar-refractivity contribution >= 4 is 5.84 Å². The number of alkyl halides is 5. The molecule has 0 radical (unpaired) electrons. The Bertz CT molecular complexity index is 1270.